The summed E-state index contributed by atoms with van der Waals surface area (Å²) in [5.41, 5.74) is 5.29. The fourth-order valence-electron chi connectivity index (χ4n) is 5.53. The molecule has 0 atom stereocenters. The van der Waals surface area contributed by atoms with E-state index < -0.39 is 5.54 Å². The topological polar surface area (TPSA) is 30.7 Å². The molecule has 6 rings (SSSR count). The first-order valence-corrected chi connectivity index (χ1v) is 15.3. The highest BCUT2D eigenvalue weighted by Gasteiger charge is 2.41. The van der Waals surface area contributed by atoms with Gasteiger partial charge >= 0.3 is 0 Å². The molecule has 0 bridgehead atoms. The smallest absolute Gasteiger partial charge is 0.143 e. The summed E-state index contributed by atoms with van der Waals surface area (Å²) in [5.74, 6) is 0.984. The zero-order chi connectivity index (χ0) is 28.7. The van der Waals surface area contributed by atoms with E-state index in [-0.39, 0.29) is 10.8 Å². The fourth-order valence-corrected chi connectivity index (χ4v) is 6.79. The Morgan fingerprint density at radius 3 is 1.68 bits per heavy atom. The van der Waals surface area contributed by atoms with Crippen LogP contribution in [0, 0.1) is 10.8 Å². The van der Waals surface area contributed by atoms with Crippen molar-refractivity contribution in [3.05, 3.63) is 138 Å². The predicted octanol–water partition coefficient (Wildman–Crippen LogP) is 9.59. The van der Waals surface area contributed by atoms with Crippen LogP contribution in [0.25, 0.3) is 21.9 Å². The first-order chi connectivity index (χ1) is 19.7. The predicted molar refractivity (Wildman–Crippen MR) is 174 cm³/mol. The molecule has 0 unspecified atom stereocenters. The Hall–Kier alpha value is -3.89. The van der Waals surface area contributed by atoms with E-state index >= 15 is 0 Å². The SMILES string of the molecule is CC(C)(C)C(C)(C)CSc1ccc2c3cnccc3n(C(c3ccccc3)(c3ccccc3)c3ccccc3)c2n1. The largest absolute Gasteiger partial charge is 0.307 e. The highest BCUT2D eigenvalue weighted by molar-refractivity contribution is 7.99. The molecule has 41 heavy (non-hydrogen) atoms. The average molecular weight is 556 g/mol. The normalized spacial score (nSPS) is 12.7. The fraction of sp³-hybridized carbons (Fsp3) is 0.243. The number of thioether (sulfide) groups is 1. The van der Waals surface area contributed by atoms with Gasteiger partial charge in [-0.15, -0.1) is 11.8 Å². The summed E-state index contributed by atoms with van der Waals surface area (Å²) >= 11 is 1.85. The van der Waals surface area contributed by atoms with Gasteiger partial charge in [0.05, 0.1) is 10.5 Å². The van der Waals surface area contributed by atoms with Gasteiger partial charge in [-0.25, -0.2) is 4.98 Å². The van der Waals surface area contributed by atoms with Gasteiger partial charge in [0.15, 0.2) is 0 Å². The molecule has 0 radical (unpaired) electrons. The summed E-state index contributed by atoms with van der Waals surface area (Å²) in [6.45, 7) is 11.7. The zero-order valence-corrected chi connectivity index (χ0v) is 25.3. The van der Waals surface area contributed by atoms with Crippen molar-refractivity contribution in [1.82, 2.24) is 14.5 Å². The van der Waals surface area contributed by atoms with Gasteiger partial charge in [0.2, 0.25) is 0 Å². The van der Waals surface area contributed by atoms with Crippen LogP contribution in [0.4, 0.5) is 0 Å². The summed E-state index contributed by atoms with van der Waals surface area (Å²) < 4.78 is 2.46. The number of pyridine rings is 2. The third-order valence-electron chi connectivity index (χ3n) is 8.91. The highest BCUT2D eigenvalue weighted by Crippen LogP contribution is 2.46. The lowest BCUT2D eigenvalue weighted by Gasteiger charge is -2.39. The molecular weight excluding hydrogens is 518 g/mol. The number of benzene rings is 3. The number of nitrogens with zero attached hydrogens (tertiary/aromatic N) is 3. The van der Waals surface area contributed by atoms with E-state index in [1.54, 1.807) is 0 Å². The summed E-state index contributed by atoms with van der Waals surface area (Å²) in [7, 11) is 0. The van der Waals surface area contributed by atoms with Crippen LogP contribution in [-0.2, 0) is 5.54 Å². The maximum Gasteiger partial charge on any atom is 0.143 e. The maximum atomic E-state index is 5.44. The Balaban J connectivity index is 1.70. The van der Waals surface area contributed by atoms with Crippen molar-refractivity contribution in [3.8, 4) is 0 Å². The summed E-state index contributed by atoms with van der Waals surface area (Å²) in [6, 6.07) is 39.1. The Bertz CT molecular complexity index is 1690. The molecule has 0 saturated heterocycles. The zero-order valence-electron chi connectivity index (χ0n) is 24.5. The van der Waals surface area contributed by atoms with Gasteiger partial charge in [0, 0.05) is 28.9 Å². The van der Waals surface area contributed by atoms with Crippen molar-refractivity contribution in [2.24, 2.45) is 10.8 Å². The van der Waals surface area contributed by atoms with Crippen LogP contribution < -0.4 is 0 Å². The molecule has 3 heterocycles. The van der Waals surface area contributed by atoms with Crippen LogP contribution in [0.3, 0.4) is 0 Å². The molecule has 0 spiro atoms. The third-order valence-corrected chi connectivity index (χ3v) is 10.3. The first kappa shape index (κ1) is 27.3. The lowest BCUT2D eigenvalue weighted by molar-refractivity contribution is 0.162. The van der Waals surface area contributed by atoms with Gasteiger partial charge in [-0.05, 0) is 45.7 Å². The average Bonchev–Trinajstić information content (AvgIpc) is 3.32. The maximum absolute atomic E-state index is 5.44. The molecule has 3 aromatic carbocycles. The van der Waals surface area contributed by atoms with Gasteiger partial charge in [-0.1, -0.05) is 126 Å². The van der Waals surface area contributed by atoms with Gasteiger partial charge in [-0.3, -0.25) is 4.98 Å². The minimum Gasteiger partial charge on any atom is -0.307 e. The van der Waals surface area contributed by atoms with Crippen molar-refractivity contribution < 1.29 is 0 Å². The van der Waals surface area contributed by atoms with Crippen LogP contribution in [0.1, 0.15) is 51.3 Å². The van der Waals surface area contributed by atoms with Crippen molar-refractivity contribution in [2.45, 2.75) is 45.2 Å². The number of rotatable bonds is 7. The Kier molecular flexibility index (Phi) is 6.99. The van der Waals surface area contributed by atoms with E-state index in [4.69, 9.17) is 4.98 Å². The monoisotopic (exact) mass is 555 g/mol. The Morgan fingerprint density at radius 2 is 1.17 bits per heavy atom. The van der Waals surface area contributed by atoms with E-state index in [1.807, 2.05) is 24.2 Å². The summed E-state index contributed by atoms with van der Waals surface area (Å²) in [6.07, 6.45) is 3.88. The number of aromatic nitrogens is 3. The standard InChI is InChI=1S/C37H37N3S/c1-35(2,3)36(4,5)26-41-33-22-21-30-31-25-38-24-23-32(31)40(34(30)39-33)37(27-15-9-6-10-16-27,28-17-11-7-12-18-28)29-19-13-8-14-20-29/h6-25H,26H2,1-5H3. The van der Waals surface area contributed by atoms with Crippen LogP contribution in [0.15, 0.2) is 127 Å². The third kappa shape index (κ3) is 4.64. The van der Waals surface area contributed by atoms with Crippen LogP contribution in [0.5, 0.6) is 0 Å². The Morgan fingerprint density at radius 1 is 0.634 bits per heavy atom. The van der Waals surface area contributed by atoms with Crippen molar-refractivity contribution in [1.29, 1.82) is 0 Å². The quantitative estimate of drug-likeness (QED) is 0.145. The van der Waals surface area contributed by atoms with Crippen molar-refractivity contribution in [2.75, 3.05) is 5.75 Å². The van der Waals surface area contributed by atoms with E-state index in [0.29, 0.717) is 0 Å². The molecule has 0 aliphatic carbocycles. The molecule has 0 aliphatic rings. The van der Waals surface area contributed by atoms with E-state index in [0.717, 1.165) is 32.7 Å². The minimum absolute atomic E-state index is 0.146. The molecule has 0 aliphatic heterocycles. The molecule has 6 aromatic rings. The second-order valence-electron chi connectivity index (χ2n) is 12.5. The second-order valence-corrected chi connectivity index (χ2v) is 13.5. The summed E-state index contributed by atoms with van der Waals surface area (Å²) in [5, 5.41) is 3.25. The lowest BCUT2D eigenvalue weighted by atomic mass is 9.71. The molecule has 3 nitrogen and oxygen atoms in total. The van der Waals surface area contributed by atoms with Crippen molar-refractivity contribution in [3.63, 3.8) is 0 Å². The minimum atomic E-state index is -0.661. The molecule has 0 N–H and O–H groups in total. The highest BCUT2D eigenvalue weighted by atomic mass is 32.2. The van der Waals surface area contributed by atoms with Crippen LogP contribution in [-0.4, -0.2) is 20.3 Å². The molecular formula is C37H37N3S. The lowest BCUT2D eigenvalue weighted by Crippen LogP contribution is -2.37. The molecule has 0 saturated carbocycles. The van der Waals surface area contributed by atoms with Gasteiger partial charge in [0.1, 0.15) is 11.2 Å². The van der Waals surface area contributed by atoms with E-state index in [1.165, 1.54) is 16.7 Å². The van der Waals surface area contributed by atoms with E-state index in [2.05, 4.69) is 153 Å². The second kappa shape index (κ2) is 10.5. The number of fused-ring (bicyclic) bond motifs is 3. The molecule has 3 aromatic heterocycles. The van der Waals surface area contributed by atoms with Gasteiger partial charge in [-0.2, -0.15) is 0 Å². The first-order valence-electron chi connectivity index (χ1n) is 14.3. The van der Waals surface area contributed by atoms with Gasteiger partial charge < -0.3 is 4.57 Å². The molecule has 0 fully saturated rings. The van der Waals surface area contributed by atoms with Crippen LogP contribution in [0.2, 0.25) is 0 Å². The molecule has 4 heteroatoms. The van der Waals surface area contributed by atoms with Crippen molar-refractivity contribution >= 4 is 33.7 Å². The number of hydrogen-bond acceptors (Lipinski definition) is 3. The number of hydrogen-bond donors (Lipinski definition) is 0. The summed E-state index contributed by atoms with van der Waals surface area (Å²) in [4.78, 5) is 9.99. The molecule has 206 valence electrons. The van der Waals surface area contributed by atoms with Crippen LogP contribution >= 0.6 is 11.8 Å². The Labute approximate surface area is 247 Å². The molecule has 0 amide bonds. The van der Waals surface area contributed by atoms with E-state index in [9.17, 15) is 0 Å². The van der Waals surface area contributed by atoms with Gasteiger partial charge in [0.25, 0.3) is 0 Å².